The Morgan fingerprint density at radius 1 is 1.53 bits per heavy atom. The summed E-state index contributed by atoms with van der Waals surface area (Å²) in [6.07, 6.45) is 0.317. The van der Waals surface area contributed by atoms with E-state index in [1.54, 1.807) is 7.11 Å². The van der Waals surface area contributed by atoms with E-state index in [-0.39, 0.29) is 0 Å². The van der Waals surface area contributed by atoms with Gasteiger partial charge < -0.3 is 9.47 Å². The van der Waals surface area contributed by atoms with Crippen LogP contribution in [-0.2, 0) is 11.3 Å². The number of nitrogens with zero attached hydrogens (tertiary/aromatic N) is 1. The predicted molar refractivity (Wildman–Crippen MR) is 71.4 cm³/mol. The molecule has 0 spiro atoms. The number of hydrogen-bond acceptors (Lipinski definition) is 3. The van der Waals surface area contributed by atoms with E-state index in [1.165, 1.54) is 5.56 Å². The van der Waals surface area contributed by atoms with E-state index >= 15 is 0 Å². The average molecular weight is 300 g/mol. The van der Waals surface area contributed by atoms with E-state index in [9.17, 15) is 0 Å². The molecule has 0 saturated carbocycles. The van der Waals surface area contributed by atoms with Gasteiger partial charge >= 0.3 is 0 Å². The van der Waals surface area contributed by atoms with Crippen molar-refractivity contribution in [1.82, 2.24) is 4.90 Å². The maximum absolute atomic E-state index is 5.55. The number of ether oxygens (including phenoxy) is 2. The molecule has 1 aromatic rings. The molecule has 2 rings (SSSR count). The van der Waals surface area contributed by atoms with Crippen LogP contribution in [0.4, 0.5) is 0 Å². The molecular formula is C13H18BrNO2. The second-order valence-electron chi connectivity index (χ2n) is 4.34. The van der Waals surface area contributed by atoms with Gasteiger partial charge in [0.2, 0.25) is 0 Å². The highest BCUT2D eigenvalue weighted by Crippen LogP contribution is 2.28. The van der Waals surface area contributed by atoms with Crippen LogP contribution in [0.25, 0.3) is 0 Å². The van der Waals surface area contributed by atoms with Crippen LogP contribution < -0.4 is 4.74 Å². The lowest BCUT2D eigenvalue weighted by Gasteiger charge is -2.31. The van der Waals surface area contributed by atoms with Gasteiger partial charge in [0.25, 0.3) is 0 Å². The first kappa shape index (κ1) is 12.9. The van der Waals surface area contributed by atoms with Gasteiger partial charge in [-0.05, 0) is 19.1 Å². The quantitative estimate of drug-likeness (QED) is 0.856. The van der Waals surface area contributed by atoms with E-state index in [0.717, 1.165) is 36.5 Å². The number of halogens is 1. The van der Waals surface area contributed by atoms with Crippen LogP contribution in [0.3, 0.4) is 0 Å². The summed E-state index contributed by atoms with van der Waals surface area (Å²) in [5, 5.41) is 0. The van der Waals surface area contributed by atoms with Gasteiger partial charge in [-0.3, -0.25) is 4.90 Å². The number of hydrogen-bond donors (Lipinski definition) is 0. The minimum absolute atomic E-state index is 0.317. The fourth-order valence-corrected chi connectivity index (χ4v) is 2.61. The first-order valence-electron chi connectivity index (χ1n) is 5.86. The van der Waals surface area contributed by atoms with E-state index < -0.39 is 0 Å². The molecule has 0 N–H and O–H groups in total. The standard InChI is InChI=1S/C13H18BrNO2/c1-10-8-15(6-7-17-10)9-11-12(14)4-3-5-13(11)16-2/h3-5,10H,6-9H2,1-2H3. The largest absolute Gasteiger partial charge is 0.496 e. The Labute approximate surface area is 111 Å². The Morgan fingerprint density at radius 3 is 3.06 bits per heavy atom. The molecule has 1 saturated heterocycles. The van der Waals surface area contributed by atoms with Crippen molar-refractivity contribution >= 4 is 15.9 Å². The molecule has 1 aliphatic rings. The number of methoxy groups -OCH3 is 1. The fourth-order valence-electron chi connectivity index (χ4n) is 2.14. The van der Waals surface area contributed by atoms with Crippen LogP contribution >= 0.6 is 15.9 Å². The Balaban J connectivity index is 2.12. The summed E-state index contributed by atoms with van der Waals surface area (Å²) in [6, 6.07) is 6.06. The summed E-state index contributed by atoms with van der Waals surface area (Å²) < 4.78 is 12.1. The Hall–Kier alpha value is -0.580. The van der Waals surface area contributed by atoms with Crippen molar-refractivity contribution in [3.8, 4) is 5.75 Å². The molecule has 1 heterocycles. The van der Waals surface area contributed by atoms with E-state index in [0.29, 0.717) is 6.10 Å². The molecule has 17 heavy (non-hydrogen) atoms. The zero-order valence-electron chi connectivity index (χ0n) is 10.3. The maximum Gasteiger partial charge on any atom is 0.124 e. The molecular weight excluding hydrogens is 282 g/mol. The first-order chi connectivity index (χ1) is 8.20. The summed E-state index contributed by atoms with van der Waals surface area (Å²) in [6.45, 7) is 5.79. The highest BCUT2D eigenvalue weighted by Gasteiger charge is 2.19. The van der Waals surface area contributed by atoms with Gasteiger partial charge in [-0.1, -0.05) is 22.0 Å². The van der Waals surface area contributed by atoms with Crippen LogP contribution in [0.2, 0.25) is 0 Å². The van der Waals surface area contributed by atoms with Crippen LogP contribution in [0.5, 0.6) is 5.75 Å². The number of benzene rings is 1. The third-order valence-electron chi connectivity index (χ3n) is 3.00. The van der Waals surface area contributed by atoms with Crippen molar-refractivity contribution in [3.05, 3.63) is 28.2 Å². The van der Waals surface area contributed by atoms with Crippen molar-refractivity contribution in [2.45, 2.75) is 19.6 Å². The van der Waals surface area contributed by atoms with Crippen molar-refractivity contribution in [2.24, 2.45) is 0 Å². The molecule has 1 atom stereocenters. The monoisotopic (exact) mass is 299 g/mol. The third-order valence-corrected chi connectivity index (χ3v) is 3.75. The lowest BCUT2D eigenvalue weighted by Crippen LogP contribution is -2.40. The second kappa shape index (κ2) is 5.85. The minimum Gasteiger partial charge on any atom is -0.496 e. The van der Waals surface area contributed by atoms with Gasteiger partial charge in [0.15, 0.2) is 0 Å². The molecule has 0 bridgehead atoms. The SMILES string of the molecule is COc1cccc(Br)c1CN1CCOC(C)C1. The maximum atomic E-state index is 5.55. The first-order valence-corrected chi connectivity index (χ1v) is 6.65. The number of rotatable bonds is 3. The zero-order valence-corrected chi connectivity index (χ0v) is 11.9. The summed E-state index contributed by atoms with van der Waals surface area (Å²) >= 11 is 3.59. The molecule has 4 heteroatoms. The van der Waals surface area contributed by atoms with E-state index in [1.807, 2.05) is 12.1 Å². The highest BCUT2D eigenvalue weighted by molar-refractivity contribution is 9.10. The van der Waals surface area contributed by atoms with Crippen molar-refractivity contribution in [1.29, 1.82) is 0 Å². The second-order valence-corrected chi connectivity index (χ2v) is 5.19. The van der Waals surface area contributed by atoms with Crippen LogP contribution in [0.1, 0.15) is 12.5 Å². The molecule has 1 aromatic carbocycles. The molecule has 1 fully saturated rings. The van der Waals surface area contributed by atoms with Crippen LogP contribution in [-0.4, -0.2) is 37.8 Å². The lowest BCUT2D eigenvalue weighted by molar-refractivity contribution is -0.0214. The van der Waals surface area contributed by atoms with Gasteiger partial charge in [0.05, 0.1) is 19.8 Å². The molecule has 94 valence electrons. The van der Waals surface area contributed by atoms with Crippen LogP contribution in [0.15, 0.2) is 22.7 Å². The van der Waals surface area contributed by atoms with Gasteiger partial charge in [0.1, 0.15) is 5.75 Å². The van der Waals surface area contributed by atoms with Gasteiger partial charge in [-0.2, -0.15) is 0 Å². The summed E-state index contributed by atoms with van der Waals surface area (Å²) in [5.74, 6) is 0.943. The Morgan fingerprint density at radius 2 is 2.35 bits per heavy atom. The molecule has 1 unspecified atom stereocenters. The average Bonchev–Trinajstić information content (AvgIpc) is 2.32. The van der Waals surface area contributed by atoms with E-state index in [2.05, 4.69) is 33.8 Å². The molecule has 3 nitrogen and oxygen atoms in total. The highest BCUT2D eigenvalue weighted by atomic mass is 79.9. The molecule has 0 amide bonds. The van der Waals surface area contributed by atoms with Crippen molar-refractivity contribution in [2.75, 3.05) is 26.8 Å². The van der Waals surface area contributed by atoms with Gasteiger partial charge in [-0.25, -0.2) is 0 Å². The molecule has 0 aromatic heterocycles. The van der Waals surface area contributed by atoms with Gasteiger partial charge in [0, 0.05) is 29.7 Å². The predicted octanol–water partition coefficient (Wildman–Crippen LogP) is 2.68. The van der Waals surface area contributed by atoms with Crippen LogP contribution in [0, 0.1) is 0 Å². The third kappa shape index (κ3) is 3.21. The molecule has 0 radical (unpaired) electrons. The fraction of sp³-hybridized carbons (Fsp3) is 0.538. The summed E-state index contributed by atoms with van der Waals surface area (Å²) in [5.41, 5.74) is 1.21. The lowest BCUT2D eigenvalue weighted by atomic mass is 10.1. The normalized spacial score (nSPS) is 21.5. The summed E-state index contributed by atoms with van der Waals surface area (Å²) in [4.78, 5) is 2.40. The zero-order chi connectivity index (χ0) is 12.3. The topological polar surface area (TPSA) is 21.7 Å². The molecule has 0 aliphatic carbocycles. The number of morpholine rings is 1. The Bertz CT molecular complexity index is 384. The van der Waals surface area contributed by atoms with Crippen molar-refractivity contribution in [3.63, 3.8) is 0 Å². The Kier molecular flexibility index (Phi) is 4.42. The van der Waals surface area contributed by atoms with Crippen molar-refractivity contribution < 1.29 is 9.47 Å². The minimum atomic E-state index is 0.317. The summed E-state index contributed by atoms with van der Waals surface area (Å²) in [7, 11) is 1.72. The smallest absolute Gasteiger partial charge is 0.124 e. The van der Waals surface area contributed by atoms with Gasteiger partial charge in [-0.15, -0.1) is 0 Å². The molecule has 1 aliphatic heterocycles. The van der Waals surface area contributed by atoms with E-state index in [4.69, 9.17) is 9.47 Å².